The molecule has 2 aromatic carbocycles. The van der Waals surface area contributed by atoms with Crippen molar-refractivity contribution in [2.24, 2.45) is 0 Å². The first-order valence-electron chi connectivity index (χ1n) is 7.71. The van der Waals surface area contributed by atoms with E-state index in [1.165, 1.54) is 48.7 Å². The first-order chi connectivity index (χ1) is 9.83. The summed E-state index contributed by atoms with van der Waals surface area (Å²) >= 11 is 0. The molecule has 2 heteroatoms. The van der Waals surface area contributed by atoms with Crippen molar-refractivity contribution < 1.29 is 0 Å². The standard InChI is InChI=1S/C18H24N2/c1-20-12-5-9-17(11-13-20)19-14-16-8-4-7-15-6-2-3-10-18(15)16/h2-4,6-8,10,17,19H,5,9,11-14H2,1H3. The molecule has 1 atom stereocenters. The maximum atomic E-state index is 3.76. The topological polar surface area (TPSA) is 15.3 Å². The largest absolute Gasteiger partial charge is 0.310 e. The predicted octanol–water partition coefficient (Wildman–Crippen LogP) is 3.41. The lowest BCUT2D eigenvalue weighted by Gasteiger charge is -2.17. The Hall–Kier alpha value is -1.38. The maximum Gasteiger partial charge on any atom is 0.0214 e. The molecule has 1 N–H and O–H groups in total. The second kappa shape index (κ2) is 6.38. The zero-order valence-corrected chi connectivity index (χ0v) is 12.3. The zero-order valence-electron chi connectivity index (χ0n) is 12.3. The van der Waals surface area contributed by atoms with E-state index in [1.807, 2.05) is 0 Å². The molecule has 0 aromatic heterocycles. The molecule has 0 radical (unpaired) electrons. The lowest BCUT2D eigenvalue weighted by Crippen LogP contribution is -2.29. The van der Waals surface area contributed by atoms with Gasteiger partial charge in [0.05, 0.1) is 0 Å². The normalized spacial score (nSPS) is 20.9. The molecule has 0 aliphatic carbocycles. The summed E-state index contributed by atoms with van der Waals surface area (Å²) < 4.78 is 0. The SMILES string of the molecule is CN1CCCC(NCc2cccc3ccccc23)CC1. The van der Waals surface area contributed by atoms with Crippen molar-refractivity contribution >= 4 is 10.8 Å². The molecule has 0 amide bonds. The number of nitrogens with one attached hydrogen (secondary N) is 1. The smallest absolute Gasteiger partial charge is 0.0214 e. The van der Waals surface area contributed by atoms with Crippen molar-refractivity contribution in [2.45, 2.75) is 31.8 Å². The van der Waals surface area contributed by atoms with Crippen LogP contribution in [0.2, 0.25) is 0 Å². The van der Waals surface area contributed by atoms with Crippen LogP contribution in [-0.2, 0) is 6.54 Å². The number of hydrogen-bond acceptors (Lipinski definition) is 2. The van der Waals surface area contributed by atoms with Gasteiger partial charge in [-0.1, -0.05) is 42.5 Å². The van der Waals surface area contributed by atoms with E-state index < -0.39 is 0 Å². The lowest BCUT2D eigenvalue weighted by atomic mass is 10.0. The molecule has 3 rings (SSSR count). The molecule has 1 aliphatic rings. The van der Waals surface area contributed by atoms with Gasteiger partial charge in [0.25, 0.3) is 0 Å². The fraction of sp³-hybridized carbons (Fsp3) is 0.444. The van der Waals surface area contributed by atoms with E-state index in [4.69, 9.17) is 0 Å². The average Bonchev–Trinajstić information content (AvgIpc) is 2.70. The number of rotatable bonds is 3. The van der Waals surface area contributed by atoms with Crippen LogP contribution in [0.4, 0.5) is 0 Å². The molecule has 0 bridgehead atoms. The molecular weight excluding hydrogens is 244 g/mol. The van der Waals surface area contributed by atoms with E-state index >= 15 is 0 Å². The Bertz CT molecular complexity index is 559. The number of likely N-dealkylation sites (tertiary alicyclic amines) is 1. The van der Waals surface area contributed by atoms with E-state index in [0.29, 0.717) is 6.04 Å². The fourth-order valence-corrected chi connectivity index (χ4v) is 3.15. The van der Waals surface area contributed by atoms with Crippen molar-refractivity contribution in [3.8, 4) is 0 Å². The van der Waals surface area contributed by atoms with Crippen LogP contribution in [0.25, 0.3) is 10.8 Å². The van der Waals surface area contributed by atoms with Crippen molar-refractivity contribution in [2.75, 3.05) is 20.1 Å². The Labute approximate surface area is 121 Å². The first-order valence-corrected chi connectivity index (χ1v) is 7.71. The molecule has 106 valence electrons. The van der Waals surface area contributed by atoms with Crippen molar-refractivity contribution in [1.82, 2.24) is 10.2 Å². The van der Waals surface area contributed by atoms with Crippen LogP contribution in [0.5, 0.6) is 0 Å². The Morgan fingerprint density at radius 1 is 1.05 bits per heavy atom. The quantitative estimate of drug-likeness (QED) is 0.917. The first kappa shape index (κ1) is 13.6. The van der Waals surface area contributed by atoms with Gasteiger partial charge in [0, 0.05) is 12.6 Å². The van der Waals surface area contributed by atoms with Crippen LogP contribution in [-0.4, -0.2) is 31.1 Å². The minimum absolute atomic E-state index is 0.666. The summed E-state index contributed by atoms with van der Waals surface area (Å²) in [6, 6.07) is 15.9. The third-order valence-electron chi connectivity index (χ3n) is 4.41. The fourth-order valence-electron chi connectivity index (χ4n) is 3.15. The van der Waals surface area contributed by atoms with Gasteiger partial charge in [-0.3, -0.25) is 0 Å². The van der Waals surface area contributed by atoms with E-state index in [2.05, 4.69) is 59.7 Å². The van der Waals surface area contributed by atoms with Crippen LogP contribution >= 0.6 is 0 Å². The van der Waals surface area contributed by atoms with E-state index in [0.717, 1.165) is 6.54 Å². The van der Waals surface area contributed by atoms with Gasteiger partial charge in [0.15, 0.2) is 0 Å². The van der Waals surface area contributed by atoms with Crippen LogP contribution < -0.4 is 5.32 Å². The Balaban J connectivity index is 1.67. The van der Waals surface area contributed by atoms with Crippen LogP contribution in [0.15, 0.2) is 42.5 Å². The molecular formula is C18H24N2. The Morgan fingerprint density at radius 2 is 1.90 bits per heavy atom. The maximum absolute atomic E-state index is 3.76. The lowest BCUT2D eigenvalue weighted by molar-refractivity contribution is 0.343. The van der Waals surface area contributed by atoms with Crippen molar-refractivity contribution in [3.05, 3.63) is 48.0 Å². The Morgan fingerprint density at radius 3 is 2.85 bits per heavy atom. The summed E-state index contributed by atoms with van der Waals surface area (Å²) in [4.78, 5) is 2.44. The van der Waals surface area contributed by atoms with Crippen LogP contribution in [0.1, 0.15) is 24.8 Å². The van der Waals surface area contributed by atoms with Gasteiger partial charge >= 0.3 is 0 Å². The minimum Gasteiger partial charge on any atom is -0.310 e. The minimum atomic E-state index is 0.666. The second-order valence-corrected chi connectivity index (χ2v) is 5.95. The Kier molecular flexibility index (Phi) is 4.34. The highest BCUT2D eigenvalue weighted by Gasteiger charge is 2.14. The molecule has 1 unspecified atom stereocenters. The third-order valence-corrected chi connectivity index (χ3v) is 4.41. The summed E-state index contributed by atoms with van der Waals surface area (Å²) in [7, 11) is 2.23. The molecule has 2 aromatic rings. The molecule has 0 saturated carbocycles. The number of benzene rings is 2. The van der Waals surface area contributed by atoms with Crippen LogP contribution in [0, 0.1) is 0 Å². The molecule has 1 fully saturated rings. The van der Waals surface area contributed by atoms with Gasteiger partial charge in [0.1, 0.15) is 0 Å². The highest BCUT2D eigenvalue weighted by molar-refractivity contribution is 5.85. The molecule has 0 spiro atoms. The number of nitrogens with zero attached hydrogens (tertiary/aromatic N) is 1. The monoisotopic (exact) mass is 268 g/mol. The van der Waals surface area contributed by atoms with Gasteiger partial charge < -0.3 is 10.2 Å². The molecule has 2 nitrogen and oxygen atoms in total. The predicted molar refractivity (Wildman–Crippen MR) is 85.9 cm³/mol. The van der Waals surface area contributed by atoms with Gasteiger partial charge in [-0.15, -0.1) is 0 Å². The van der Waals surface area contributed by atoms with Gasteiger partial charge in [-0.2, -0.15) is 0 Å². The number of hydrogen-bond donors (Lipinski definition) is 1. The van der Waals surface area contributed by atoms with E-state index in [9.17, 15) is 0 Å². The summed E-state index contributed by atoms with van der Waals surface area (Å²) in [6.45, 7) is 3.44. The molecule has 1 saturated heterocycles. The summed E-state index contributed by atoms with van der Waals surface area (Å²) in [5.41, 5.74) is 1.42. The van der Waals surface area contributed by atoms with Crippen molar-refractivity contribution in [3.63, 3.8) is 0 Å². The van der Waals surface area contributed by atoms with Gasteiger partial charge in [-0.05, 0) is 55.7 Å². The molecule has 1 aliphatic heterocycles. The second-order valence-electron chi connectivity index (χ2n) is 5.95. The molecule has 1 heterocycles. The van der Waals surface area contributed by atoms with Gasteiger partial charge in [0.2, 0.25) is 0 Å². The van der Waals surface area contributed by atoms with E-state index in [1.54, 1.807) is 0 Å². The average molecular weight is 268 g/mol. The summed E-state index contributed by atoms with van der Waals surface area (Å²) in [5, 5.41) is 6.49. The van der Waals surface area contributed by atoms with Crippen molar-refractivity contribution in [1.29, 1.82) is 0 Å². The highest BCUT2D eigenvalue weighted by atomic mass is 15.1. The third kappa shape index (κ3) is 3.20. The highest BCUT2D eigenvalue weighted by Crippen LogP contribution is 2.19. The number of fused-ring (bicyclic) bond motifs is 1. The summed E-state index contributed by atoms with van der Waals surface area (Å²) in [6.07, 6.45) is 3.88. The van der Waals surface area contributed by atoms with Crippen LogP contribution in [0.3, 0.4) is 0 Å². The summed E-state index contributed by atoms with van der Waals surface area (Å²) in [5.74, 6) is 0. The molecule has 20 heavy (non-hydrogen) atoms. The van der Waals surface area contributed by atoms with Gasteiger partial charge in [-0.25, -0.2) is 0 Å². The van der Waals surface area contributed by atoms with E-state index in [-0.39, 0.29) is 0 Å². The zero-order chi connectivity index (χ0) is 13.8.